The maximum Gasteiger partial charge on any atom is 0.277 e. The highest BCUT2D eigenvalue weighted by Crippen LogP contribution is 2.29. The summed E-state index contributed by atoms with van der Waals surface area (Å²) in [5.74, 6) is -0.296. The van der Waals surface area contributed by atoms with Gasteiger partial charge >= 0.3 is 0 Å². The lowest BCUT2D eigenvalue weighted by Gasteiger charge is -2.05. The quantitative estimate of drug-likeness (QED) is 0.360. The number of benzene rings is 3. The van der Waals surface area contributed by atoms with Crippen molar-refractivity contribution in [2.24, 2.45) is 0 Å². The number of aromatic nitrogens is 1. The van der Waals surface area contributed by atoms with E-state index in [0.29, 0.717) is 22.7 Å². The fourth-order valence-corrected chi connectivity index (χ4v) is 3.07. The average Bonchev–Trinajstić information content (AvgIpc) is 3.16. The van der Waals surface area contributed by atoms with Crippen molar-refractivity contribution < 1.29 is 19.1 Å². The predicted octanol–water partition coefficient (Wildman–Crippen LogP) is 4.87. The standard InChI is InChI=1S/C21H14N4O6/c1-12-4-2-3-5-17(12)21-23-18-7-6-14(10-19(18)31-21)22-20(26)13-8-15(24(27)28)11-16(9-13)25(29)30/h2-11H,1H3,(H,22,26). The molecule has 0 aliphatic heterocycles. The van der Waals surface area contributed by atoms with E-state index in [1.54, 1.807) is 18.2 Å². The summed E-state index contributed by atoms with van der Waals surface area (Å²) in [5.41, 5.74) is 1.89. The Morgan fingerprint density at radius 3 is 2.29 bits per heavy atom. The molecular formula is C21H14N4O6. The maximum atomic E-state index is 12.6. The Labute approximate surface area is 174 Å². The first-order valence-electron chi connectivity index (χ1n) is 9.03. The molecule has 10 nitrogen and oxygen atoms in total. The Kier molecular flexibility index (Phi) is 4.88. The number of rotatable bonds is 5. The Morgan fingerprint density at radius 1 is 0.968 bits per heavy atom. The van der Waals surface area contributed by atoms with Gasteiger partial charge in [0.15, 0.2) is 5.58 Å². The number of hydrogen-bond donors (Lipinski definition) is 1. The molecule has 0 bridgehead atoms. The van der Waals surface area contributed by atoms with Crippen LogP contribution in [0.5, 0.6) is 0 Å². The molecule has 3 aromatic carbocycles. The summed E-state index contributed by atoms with van der Waals surface area (Å²) >= 11 is 0. The van der Waals surface area contributed by atoms with Crippen molar-refractivity contribution in [2.75, 3.05) is 5.32 Å². The summed E-state index contributed by atoms with van der Waals surface area (Å²) in [6, 6.07) is 15.2. The Bertz CT molecular complexity index is 1330. The lowest BCUT2D eigenvalue weighted by molar-refractivity contribution is -0.394. The maximum absolute atomic E-state index is 12.6. The molecule has 1 amide bonds. The van der Waals surface area contributed by atoms with Gasteiger partial charge in [0.05, 0.1) is 21.5 Å². The molecule has 1 aromatic heterocycles. The highest BCUT2D eigenvalue weighted by Gasteiger charge is 2.20. The molecule has 31 heavy (non-hydrogen) atoms. The van der Waals surface area contributed by atoms with Crippen LogP contribution in [0, 0.1) is 27.2 Å². The number of nitro benzene ring substituents is 2. The lowest BCUT2D eigenvalue weighted by atomic mass is 10.1. The average molecular weight is 418 g/mol. The summed E-state index contributed by atoms with van der Waals surface area (Å²) in [4.78, 5) is 37.5. The number of oxazole rings is 1. The fraction of sp³-hybridized carbons (Fsp3) is 0.0476. The molecule has 10 heteroatoms. The highest BCUT2D eigenvalue weighted by molar-refractivity contribution is 6.05. The van der Waals surface area contributed by atoms with E-state index in [1.807, 2.05) is 31.2 Å². The molecule has 0 aliphatic carbocycles. The van der Waals surface area contributed by atoms with Crippen LogP contribution in [-0.4, -0.2) is 20.7 Å². The number of nitrogens with zero attached hydrogens (tertiary/aromatic N) is 3. The van der Waals surface area contributed by atoms with Gasteiger partial charge in [-0.1, -0.05) is 18.2 Å². The molecule has 0 unspecified atom stereocenters. The molecule has 0 atom stereocenters. The second-order valence-corrected chi connectivity index (χ2v) is 6.72. The van der Waals surface area contributed by atoms with Crippen molar-refractivity contribution in [1.82, 2.24) is 4.98 Å². The third-order valence-corrected chi connectivity index (χ3v) is 4.61. The second kappa shape index (κ2) is 7.67. The van der Waals surface area contributed by atoms with Crippen LogP contribution in [0.4, 0.5) is 17.1 Å². The van der Waals surface area contributed by atoms with Gasteiger partial charge in [0, 0.05) is 29.4 Å². The monoisotopic (exact) mass is 418 g/mol. The van der Waals surface area contributed by atoms with Gasteiger partial charge in [-0.05, 0) is 30.7 Å². The molecule has 0 radical (unpaired) electrons. The zero-order valence-corrected chi connectivity index (χ0v) is 16.1. The van der Waals surface area contributed by atoms with Gasteiger partial charge in [-0.3, -0.25) is 25.0 Å². The number of nitrogens with one attached hydrogen (secondary N) is 1. The topological polar surface area (TPSA) is 141 Å². The minimum absolute atomic E-state index is 0.209. The summed E-state index contributed by atoms with van der Waals surface area (Å²) in [6.07, 6.45) is 0. The van der Waals surface area contributed by atoms with Gasteiger partial charge in [0.25, 0.3) is 17.3 Å². The first-order chi connectivity index (χ1) is 14.8. The fourth-order valence-electron chi connectivity index (χ4n) is 3.07. The van der Waals surface area contributed by atoms with E-state index in [4.69, 9.17) is 4.42 Å². The van der Waals surface area contributed by atoms with E-state index < -0.39 is 27.1 Å². The number of carbonyl (C=O) groups excluding carboxylic acids is 1. The minimum atomic E-state index is -0.794. The van der Waals surface area contributed by atoms with Crippen molar-refractivity contribution in [1.29, 1.82) is 0 Å². The largest absolute Gasteiger partial charge is 0.436 e. The number of hydrogen-bond acceptors (Lipinski definition) is 7. The molecule has 0 fully saturated rings. The van der Waals surface area contributed by atoms with Crippen molar-refractivity contribution in [2.45, 2.75) is 6.92 Å². The van der Waals surface area contributed by atoms with Gasteiger partial charge in [-0.25, -0.2) is 4.98 Å². The van der Waals surface area contributed by atoms with E-state index in [0.717, 1.165) is 29.3 Å². The number of aryl methyl sites for hydroxylation is 1. The summed E-state index contributed by atoms with van der Waals surface area (Å²) < 4.78 is 5.82. The Morgan fingerprint density at radius 2 is 1.65 bits per heavy atom. The second-order valence-electron chi connectivity index (χ2n) is 6.72. The Hall–Kier alpha value is -4.60. The van der Waals surface area contributed by atoms with E-state index in [1.165, 1.54) is 0 Å². The lowest BCUT2D eigenvalue weighted by Crippen LogP contribution is -2.12. The molecular weight excluding hydrogens is 404 g/mol. The number of nitro groups is 2. The van der Waals surface area contributed by atoms with Crippen molar-refractivity contribution in [3.63, 3.8) is 0 Å². The molecule has 4 aromatic rings. The number of non-ortho nitro benzene ring substituents is 2. The van der Waals surface area contributed by atoms with E-state index >= 15 is 0 Å². The van der Waals surface area contributed by atoms with Crippen LogP contribution in [0.25, 0.3) is 22.6 Å². The number of fused-ring (bicyclic) bond motifs is 1. The van der Waals surface area contributed by atoms with Crippen LogP contribution >= 0.6 is 0 Å². The molecule has 1 heterocycles. The van der Waals surface area contributed by atoms with Gasteiger partial charge in [-0.2, -0.15) is 0 Å². The normalized spacial score (nSPS) is 10.7. The van der Waals surface area contributed by atoms with Crippen LogP contribution in [0.15, 0.2) is 65.1 Å². The number of anilines is 1. The number of carbonyl (C=O) groups is 1. The van der Waals surface area contributed by atoms with E-state index in [9.17, 15) is 25.0 Å². The summed E-state index contributed by atoms with van der Waals surface area (Å²) in [7, 11) is 0. The van der Waals surface area contributed by atoms with E-state index in [2.05, 4.69) is 10.3 Å². The zero-order chi connectivity index (χ0) is 22.1. The smallest absolute Gasteiger partial charge is 0.277 e. The van der Waals surface area contributed by atoms with Gasteiger partial charge in [-0.15, -0.1) is 0 Å². The van der Waals surface area contributed by atoms with Crippen molar-refractivity contribution >= 4 is 34.1 Å². The van der Waals surface area contributed by atoms with Crippen LogP contribution in [-0.2, 0) is 0 Å². The van der Waals surface area contributed by atoms with Crippen LogP contribution in [0.1, 0.15) is 15.9 Å². The summed E-state index contributed by atoms with van der Waals surface area (Å²) in [6.45, 7) is 1.94. The van der Waals surface area contributed by atoms with Crippen LogP contribution < -0.4 is 5.32 Å². The molecule has 0 spiro atoms. The molecule has 0 saturated heterocycles. The SMILES string of the molecule is Cc1ccccc1-c1nc2ccc(NC(=O)c3cc([N+](=O)[O-])cc([N+](=O)[O-])c3)cc2o1. The molecule has 0 aliphatic rings. The van der Waals surface area contributed by atoms with Gasteiger partial charge in [0.1, 0.15) is 5.52 Å². The molecule has 154 valence electrons. The van der Waals surface area contributed by atoms with Gasteiger partial charge < -0.3 is 9.73 Å². The third-order valence-electron chi connectivity index (χ3n) is 4.61. The summed E-state index contributed by atoms with van der Waals surface area (Å²) in [5, 5.41) is 24.6. The molecule has 0 saturated carbocycles. The predicted molar refractivity (Wildman–Crippen MR) is 112 cm³/mol. The van der Waals surface area contributed by atoms with E-state index in [-0.39, 0.29) is 5.56 Å². The Balaban J connectivity index is 1.64. The third kappa shape index (κ3) is 3.94. The highest BCUT2D eigenvalue weighted by atomic mass is 16.6. The minimum Gasteiger partial charge on any atom is -0.436 e. The van der Waals surface area contributed by atoms with Crippen molar-refractivity contribution in [3.8, 4) is 11.5 Å². The van der Waals surface area contributed by atoms with Gasteiger partial charge in [0.2, 0.25) is 5.89 Å². The number of amides is 1. The molecule has 4 rings (SSSR count). The van der Waals surface area contributed by atoms with Crippen LogP contribution in [0.2, 0.25) is 0 Å². The van der Waals surface area contributed by atoms with Crippen molar-refractivity contribution in [3.05, 3.63) is 92.0 Å². The zero-order valence-electron chi connectivity index (χ0n) is 16.1. The molecule has 1 N–H and O–H groups in total. The first-order valence-corrected chi connectivity index (χ1v) is 9.03. The van der Waals surface area contributed by atoms with Crippen LogP contribution in [0.3, 0.4) is 0 Å². The first kappa shape index (κ1) is 19.7.